The first-order valence-electron chi connectivity index (χ1n) is 11.4. The van der Waals surface area contributed by atoms with E-state index in [1.165, 1.54) is 12.1 Å². The van der Waals surface area contributed by atoms with Crippen LogP contribution in [0.15, 0.2) is 54.6 Å². The van der Waals surface area contributed by atoms with E-state index < -0.39 is 4.92 Å². The van der Waals surface area contributed by atoms with E-state index in [1.807, 2.05) is 32.3 Å². The number of carbonyl (C=O) groups excluding carboxylic acids is 1. The lowest BCUT2D eigenvalue weighted by atomic mass is 9.91. The Morgan fingerprint density at radius 3 is 2.50 bits per heavy atom. The van der Waals surface area contributed by atoms with Crippen LogP contribution in [0.1, 0.15) is 25.7 Å². The second-order valence-electron chi connectivity index (χ2n) is 8.71. The van der Waals surface area contributed by atoms with Crippen LogP contribution in [0.4, 0.5) is 17.2 Å². The van der Waals surface area contributed by atoms with Gasteiger partial charge in [-0.05, 0) is 37.8 Å². The number of nitrogens with zero attached hydrogens (tertiary/aromatic N) is 3. The van der Waals surface area contributed by atoms with Crippen LogP contribution in [0, 0.1) is 10.1 Å². The molecule has 9 nitrogen and oxygen atoms in total. The second kappa shape index (κ2) is 10.4. The Bertz CT molecular complexity index is 1170. The van der Waals surface area contributed by atoms with E-state index in [0.717, 1.165) is 48.1 Å². The van der Waals surface area contributed by atoms with Crippen LogP contribution in [-0.4, -0.2) is 48.6 Å². The molecule has 1 aromatic heterocycles. The molecule has 0 spiro atoms. The molecule has 9 heteroatoms. The van der Waals surface area contributed by atoms with Crippen molar-refractivity contribution >= 4 is 34.0 Å². The summed E-state index contributed by atoms with van der Waals surface area (Å²) in [5, 5.41) is 18.7. The maximum Gasteiger partial charge on any atom is 0.310 e. The average molecular weight is 464 g/mol. The molecule has 0 aliphatic heterocycles. The topological polar surface area (TPSA) is 110 Å². The summed E-state index contributed by atoms with van der Waals surface area (Å²) in [5.74, 6) is 0.671. The van der Waals surface area contributed by atoms with E-state index in [1.54, 1.807) is 12.1 Å². The number of benzene rings is 2. The molecule has 0 saturated heterocycles. The molecule has 0 bridgehead atoms. The molecule has 1 aliphatic rings. The van der Waals surface area contributed by atoms with Crippen LogP contribution < -0.4 is 20.3 Å². The van der Waals surface area contributed by atoms with E-state index in [9.17, 15) is 14.9 Å². The van der Waals surface area contributed by atoms with Gasteiger partial charge < -0.3 is 20.3 Å². The highest BCUT2D eigenvalue weighted by Crippen LogP contribution is 2.29. The number of hydrogen-bond acceptors (Lipinski definition) is 7. The van der Waals surface area contributed by atoms with E-state index in [0.29, 0.717) is 0 Å². The second-order valence-corrected chi connectivity index (χ2v) is 8.71. The molecule has 178 valence electrons. The zero-order valence-corrected chi connectivity index (χ0v) is 19.4. The lowest BCUT2D eigenvalue weighted by Crippen LogP contribution is -2.42. The number of anilines is 2. The molecule has 3 aromatic rings. The largest absolute Gasteiger partial charge is 0.477 e. The van der Waals surface area contributed by atoms with Gasteiger partial charge in [-0.1, -0.05) is 30.3 Å². The van der Waals surface area contributed by atoms with Crippen molar-refractivity contribution in [2.75, 3.05) is 30.9 Å². The fraction of sp³-hybridized carbons (Fsp3) is 0.360. The number of rotatable bonds is 8. The quantitative estimate of drug-likeness (QED) is 0.382. The Morgan fingerprint density at radius 1 is 1.09 bits per heavy atom. The third-order valence-corrected chi connectivity index (χ3v) is 6.04. The lowest BCUT2D eigenvalue weighted by molar-refractivity contribution is -0.385. The number of pyridine rings is 1. The number of carbonyl (C=O) groups is 1. The van der Waals surface area contributed by atoms with Gasteiger partial charge >= 0.3 is 5.69 Å². The van der Waals surface area contributed by atoms with Crippen molar-refractivity contribution in [3.8, 4) is 5.75 Å². The molecule has 1 fully saturated rings. The normalized spacial score (nSPS) is 17.7. The first kappa shape index (κ1) is 23.3. The summed E-state index contributed by atoms with van der Waals surface area (Å²) >= 11 is 0. The number of nitro groups is 1. The summed E-state index contributed by atoms with van der Waals surface area (Å²) in [7, 11) is 4.05. The van der Waals surface area contributed by atoms with Crippen LogP contribution >= 0.6 is 0 Å². The third kappa shape index (κ3) is 5.54. The fourth-order valence-corrected chi connectivity index (χ4v) is 4.33. The molecule has 2 N–H and O–H groups in total. The summed E-state index contributed by atoms with van der Waals surface area (Å²) in [6, 6.07) is 16.6. The highest BCUT2D eigenvalue weighted by atomic mass is 16.6. The van der Waals surface area contributed by atoms with Crippen molar-refractivity contribution < 1.29 is 14.5 Å². The van der Waals surface area contributed by atoms with Gasteiger partial charge in [-0.2, -0.15) is 0 Å². The van der Waals surface area contributed by atoms with Crippen molar-refractivity contribution in [2.45, 2.75) is 37.8 Å². The van der Waals surface area contributed by atoms with Crippen molar-refractivity contribution in [3.05, 3.63) is 64.7 Å². The molecular formula is C25H29N5O4. The number of ether oxygens (including phenoxy) is 1. The molecule has 1 saturated carbocycles. The molecule has 0 radical (unpaired) electrons. The number of fused-ring (bicyclic) bond motifs is 1. The third-order valence-electron chi connectivity index (χ3n) is 6.04. The van der Waals surface area contributed by atoms with Gasteiger partial charge in [0.05, 0.1) is 10.4 Å². The Hall–Kier alpha value is -3.88. The molecule has 2 aromatic carbocycles. The standard InChI is InChI=1S/C25H29N5O4/c1-29(2)22-15-24(28-20-8-4-3-7-19(20)22)26-17-11-13-18(14-12-17)27-25(31)16-34-23-10-6-5-9-21(23)30(32)33/h3-10,15,17-18H,11-14,16H2,1-2H3,(H,26,28)(H,27,31). The molecule has 34 heavy (non-hydrogen) atoms. The number of aromatic nitrogens is 1. The number of nitro benzene ring substituents is 1. The van der Waals surface area contributed by atoms with Crippen molar-refractivity contribution in [3.63, 3.8) is 0 Å². The summed E-state index contributed by atoms with van der Waals surface area (Å²) < 4.78 is 5.39. The first-order chi connectivity index (χ1) is 16.4. The first-order valence-corrected chi connectivity index (χ1v) is 11.4. The van der Waals surface area contributed by atoms with Gasteiger partial charge in [0, 0.05) is 49.4 Å². The lowest BCUT2D eigenvalue weighted by Gasteiger charge is -2.30. The summed E-state index contributed by atoms with van der Waals surface area (Å²) in [5.41, 5.74) is 1.92. The minimum Gasteiger partial charge on any atom is -0.477 e. The van der Waals surface area contributed by atoms with Crippen molar-refractivity contribution in [1.29, 1.82) is 0 Å². The molecule has 1 heterocycles. The fourth-order valence-electron chi connectivity index (χ4n) is 4.33. The Labute approximate surface area is 198 Å². The Morgan fingerprint density at radius 2 is 1.76 bits per heavy atom. The van der Waals surface area contributed by atoms with E-state index in [4.69, 9.17) is 9.72 Å². The molecule has 1 amide bonds. The smallest absolute Gasteiger partial charge is 0.310 e. The average Bonchev–Trinajstić information content (AvgIpc) is 2.83. The Balaban J connectivity index is 1.28. The van der Waals surface area contributed by atoms with Gasteiger partial charge in [-0.25, -0.2) is 4.98 Å². The Kier molecular flexibility index (Phi) is 7.10. The van der Waals surface area contributed by atoms with E-state index in [2.05, 4.69) is 27.7 Å². The van der Waals surface area contributed by atoms with Crippen molar-refractivity contribution in [2.24, 2.45) is 0 Å². The SMILES string of the molecule is CN(C)c1cc(NC2CCC(NC(=O)COc3ccccc3[N+](=O)[O-])CC2)nc2ccccc12. The van der Waals surface area contributed by atoms with Gasteiger partial charge in [-0.3, -0.25) is 14.9 Å². The van der Waals surface area contributed by atoms with Gasteiger partial charge in [-0.15, -0.1) is 0 Å². The maximum absolute atomic E-state index is 12.3. The molecule has 0 atom stereocenters. The van der Waals surface area contributed by atoms with Gasteiger partial charge in [0.25, 0.3) is 5.91 Å². The zero-order valence-electron chi connectivity index (χ0n) is 19.4. The minimum atomic E-state index is -0.520. The zero-order chi connectivity index (χ0) is 24.1. The summed E-state index contributed by atoms with van der Waals surface area (Å²) in [6.45, 7) is -0.253. The number of para-hydroxylation sites is 3. The molecule has 0 unspecified atom stereocenters. The predicted molar refractivity (Wildman–Crippen MR) is 132 cm³/mol. The van der Waals surface area contributed by atoms with Crippen LogP contribution in [0.2, 0.25) is 0 Å². The van der Waals surface area contributed by atoms with Crippen LogP contribution in [0.5, 0.6) is 5.75 Å². The monoisotopic (exact) mass is 463 g/mol. The van der Waals surface area contributed by atoms with E-state index >= 15 is 0 Å². The number of amides is 1. The minimum absolute atomic E-state index is 0.0572. The van der Waals surface area contributed by atoms with E-state index in [-0.39, 0.29) is 36.0 Å². The molecule has 1 aliphatic carbocycles. The van der Waals surface area contributed by atoms with Gasteiger partial charge in [0.1, 0.15) is 5.82 Å². The maximum atomic E-state index is 12.3. The van der Waals surface area contributed by atoms with Gasteiger partial charge in [0.15, 0.2) is 12.4 Å². The van der Waals surface area contributed by atoms with Crippen LogP contribution in [0.3, 0.4) is 0 Å². The summed E-state index contributed by atoms with van der Waals surface area (Å²) in [6.07, 6.45) is 3.48. The number of hydrogen-bond donors (Lipinski definition) is 2. The predicted octanol–water partition coefficient (Wildman–Crippen LogP) is 4.13. The van der Waals surface area contributed by atoms with Crippen LogP contribution in [-0.2, 0) is 4.79 Å². The molecular weight excluding hydrogens is 434 g/mol. The number of nitrogens with one attached hydrogen (secondary N) is 2. The molecule has 4 rings (SSSR count). The summed E-state index contributed by atoms with van der Waals surface area (Å²) in [4.78, 5) is 29.8. The highest BCUT2D eigenvalue weighted by Gasteiger charge is 2.23. The highest BCUT2D eigenvalue weighted by molar-refractivity contribution is 5.93. The van der Waals surface area contributed by atoms with Crippen LogP contribution in [0.25, 0.3) is 10.9 Å². The van der Waals surface area contributed by atoms with Gasteiger partial charge in [0.2, 0.25) is 0 Å². The van der Waals surface area contributed by atoms with Crippen molar-refractivity contribution in [1.82, 2.24) is 10.3 Å².